The molecule has 1 aromatic carbocycles. The fourth-order valence-corrected chi connectivity index (χ4v) is 2.37. The maximum atomic E-state index is 11.4. The molecule has 0 radical (unpaired) electrons. The number of benzene rings is 1. The molecule has 0 spiro atoms. The van der Waals surface area contributed by atoms with E-state index in [0.29, 0.717) is 5.58 Å². The van der Waals surface area contributed by atoms with Gasteiger partial charge in [0.2, 0.25) is 0 Å². The number of fused-ring (bicyclic) bond motifs is 1. The zero-order chi connectivity index (χ0) is 13.3. The second-order valence-corrected chi connectivity index (χ2v) is 4.56. The Balaban J connectivity index is 2.71. The molecule has 2 aromatic rings. The Morgan fingerprint density at radius 3 is 2.33 bits per heavy atom. The van der Waals surface area contributed by atoms with Crippen molar-refractivity contribution in [2.24, 2.45) is 0 Å². The third-order valence-electron chi connectivity index (χ3n) is 3.37. The Kier molecular flexibility index (Phi) is 3.41. The summed E-state index contributed by atoms with van der Waals surface area (Å²) in [6, 6.07) is 5.62. The van der Waals surface area contributed by atoms with Crippen molar-refractivity contribution in [2.45, 2.75) is 27.7 Å². The van der Waals surface area contributed by atoms with Crippen molar-refractivity contribution in [3.05, 3.63) is 39.7 Å². The van der Waals surface area contributed by atoms with E-state index in [1.54, 1.807) is 6.07 Å². The molecule has 0 aliphatic heterocycles. The van der Waals surface area contributed by atoms with Gasteiger partial charge in [-0.3, -0.25) is 0 Å². The van der Waals surface area contributed by atoms with E-state index in [-0.39, 0.29) is 5.63 Å². The maximum Gasteiger partial charge on any atom is 0.336 e. The number of aryl methyl sites for hydroxylation is 2. The highest BCUT2D eigenvalue weighted by atomic mass is 16.4. The van der Waals surface area contributed by atoms with E-state index in [1.807, 2.05) is 13.0 Å². The van der Waals surface area contributed by atoms with Crippen LogP contribution in [0.1, 0.15) is 25.0 Å². The second-order valence-electron chi connectivity index (χ2n) is 4.56. The summed E-state index contributed by atoms with van der Waals surface area (Å²) in [5.41, 5.74) is 3.71. The molecule has 18 heavy (non-hydrogen) atoms. The van der Waals surface area contributed by atoms with Crippen molar-refractivity contribution in [2.75, 3.05) is 18.0 Å². The van der Waals surface area contributed by atoms with Gasteiger partial charge in [0.25, 0.3) is 0 Å². The Labute approximate surface area is 107 Å². The average Bonchev–Trinajstić information content (AvgIpc) is 2.32. The zero-order valence-electron chi connectivity index (χ0n) is 11.4. The summed E-state index contributed by atoms with van der Waals surface area (Å²) in [6.45, 7) is 10.2. The lowest BCUT2D eigenvalue weighted by molar-refractivity contribution is 0.559. The van der Waals surface area contributed by atoms with Crippen molar-refractivity contribution >= 4 is 16.7 Å². The number of nitrogens with zero attached hydrogens (tertiary/aromatic N) is 1. The van der Waals surface area contributed by atoms with Gasteiger partial charge in [-0.1, -0.05) is 0 Å². The van der Waals surface area contributed by atoms with Crippen LogP contribution in [-0.2, 0) is 0 Å². The van der Waals surface area contributed by atoms with Gasteiger partial charge in [0.1, 0.15) is 5.58 Å². The molecule has 1 aromatic heterocycles. The summed E-state index contributed by atoms with van der Waals surface area (Å²) in [5.74, 6) is 0. The van der Waals surface area contributed by atoms with Gasteiger partial charge in [-0.15, -0.1) is 0 Å². The van der Waals surface area contributed by atoms with E-state index in [1.165, 1.54) is 5.56 Å². The Morgan fingerprint density at radius 2 is 1.72 bits per heavy atom. The molecule has 0 fully saturated rings. The van der Waals surface area contributed by atoms with Gasteiger partial charge in [0.15, 0.2) is 0 Å². The Bertz CT molecular complexity index is 624. The molecule has 0 atom stereocenters. The quantitative estimate of drug-likeness (QED) is 0.778. The highest BCUT2D eigenvalue weighted by molar-refractivity contribution is 5.85. The van der Waals surface area contributed by atoms with Crippen LogP contribution < -0.4 is 10.5 Å². The summed E-state index contributed by atoms with van der Waals surface area (Å²) in [6.07, 6.45) is 0. The minimum absolute atomic E-state index is 0.283. The van der Waals surface area contributed by atoms with Gasteiger partial charge < -0.3 is 9.32 Å². The maximum absolute atomic E-state index is 11.4. The Morgan fingerprint density at radius 1 is 1.06 bits per heavy atom. The molecule has 0 saturated carbocycles. The van der Waals surface area contributed by atoms with Crippen LogP contribution in [0.25, 0.3) is 11.0 Å². The van der Waals surface area contributed by atoms with Gasteiger partial charge >= 0.3 is 5.63 Å². The van der Waals surface area contributed by atoms with Crippen LogP contribution in [0, 0.1) is 13.8 Å². The number of anilines is 1. The monoisotopic (exact) mass is 245 g/mol. The molecular formula is C15H19NO2. The minimum Gasteiger partial charge on any atom is -0.423 e. The molecule has 0 amide bonds. The number of rotatable bonds is 3. The first-order chi connectivity index (χ1) is 8.56. The van der Waals surface area contributed by atoms with Gasteiger partial charge in [-0.2, -0.15) is 0 Å². The summed E-state index contributed by atoms with van der Waals surface area (Å²) in [5, 5.41) is 1.02. The molecule has 3 nitrogen and oxygen atoms in total. The van der Waals surface area contributed by atoms with Crippen LogP contribution in [0.5, 0.6) is 0 Å². The summed E-state index contributed by atoms with van der Waals surface area (Å²) >= 11 is 0. The lowest BCUT2D eigenvalue weighted by Gasteiger charge is -2.23. The predicted molar refractivity (Wildman–Crippen MR) is 75.5 cm³/mol. The van der Waals surface area contributed by atoms with Crippen molar-refractivity contribution in [3.63, 3.8) is 0 Å². The molecule has 3 heteroatoms. The SMILES string of the molecule is CCN(CC)c1cc2oc(=O)cc(C)c2cc1C. The average molecular weight is 245 g/mol. The molecular weight excluding hydrogens is 226 g/mol. The standard InChI is InChI=1S/C15H19NO2/c1-5-16(6-2)13-9-14-12(7-11(13)4)10(3)8-15(17)18-14/h7-9H,5-6H2,1-4H3. The zero-order valence-corrected chi connectivity index (χ0v) is 11.4. The summed E-state index contributed by atoms with van der Waals surface area (Å²) in [7, 11) is 0. The van der Waals surface area contributed by atoms with Crippen LogP contribution >= 0.6 is 0 Å². The van der Waals surface area contributed by atoms with Crippen molar-refractivity contribution in [3.8, 4) is 0 Å². The summed E-state index contributed by atoms with van der Waals surface area (Å²) in [4.78, 5) is 13.7. The highest BCUT2D eigenvalue weighted by Gasteiger charge is 2.10. The molecule has 2 rings (SSSR count). The van der Waals surface area contributed by atoms with Crippen LogP contribution in [-0.4, -0.2) is 13.1 Å². The third-order valence-corrected chi connectivity index (χ3v) is 3.37. The first-order valence-electron chi connectivity index (χ1n) is 6.36. The fraction of sp³-hybridized carbons (Fsp3) is 0.400. The van der Waals surface area contributed by atoms with E-state index in [2.05, 4.69) is 31.7 Å². The minimum atomic E-state index is -0.283. The van der Waals surface area contributed by atoms with Gasteiger partial charge in [0.05, 0.1) is 0 Å². The predicted octanol–water partition coefficient (Wildman–Crippen LogP) is 3.26. The molecule has 0 aliphatic rings. The number of hydrogen-bond donors (Lipinski definition) is 0. The topological polar surface area (TPSA) is 33.5 Å². The van der Waals surface area contributed by atoms with Gasteiger partial charge in [-0.25, -0.2) is 4.79 Å². The van der Waals surface area contributed by atoms with Crippen molar-refractivity contribution in [1.82, 2.24) is 0 Å². The van der Waals surface area contributed by atoms with Crippen LogP contribution in [0.3, 0.4) is 0 Å². The second kappa shape index (κ2) is 4.84. The van der Waals surface area contributed by atoms with E-state index >= 15 is 0 Å². The third kappa shape index (κ3) is 2.13. The van der Waals surface area contributed by atoms with Gasteiger partial charge in [0, 0.05) is 36.3 Å². The lowest BCUT2D eigenvalue weighted by Crippen LogP contribution is -2.22. The lowest BCUT2D eigenvalue weighted by atomic mass is 10.1. The van der Waals surface area contributed by atoms with E-state index in [9.17, 15) is 4.79 Å². The molecule has 0 unspecified atom stereocenters. The first kappa shape index (κ1) is 12.7. The van der Waals surface area contributed by atoms with Crippen molar-refractivity contribution < 1.29 is 4.42 Å². The molecule has 0 saturated heterocycles. The van der Waals surface area contributed by atoms with Gasteiger partial charge in [-0.05, 0) is 44.9 Å². The largest absolute Gasteiger partial charge is 0.423 e. The summed E-state index contributed by atoms with van der Waals surface area (Å²) < 4.78 is 5.30. The van der Waals surface area contributed by atoms with Crippen LogP contribution in [0.15, 0.2) is 27.4 Å². The smallest absolute Gasteiger partial charge is 0.336 e. The molecule has 96 valence electrons. The molecule has 1 heterocycles. The molecule has 0 bridgehead atoms. The highest BCUT2D eigenvalue weighted by Crippen LogP contribution is 2.27. The van der Waals surface area contributed by atoms with Crippen LogP contribution in [0.4, 0.5) is 5.69 Å². The van der Waals surface area contributed by atoms with E-state index in [0.717, 1.165) is 29.7 Å². The molecule has 0 N–H and O–H groups in total. The van der Waals surface area contributed by atoms with E-state index < -0.39 is 0 Å². The van der Waals surface area contributed by atoms with E-state index in [4.69, 9.17) is 4.42 Å². The number of hydrogen-bond acceptors (Lipinski definition) is 3. The first-order valence-corrected chi connectivity index (χ1v) is 6.36. The Hall–Kier alpha value is -1.77. The fourth-order valence-electron chi connectivity index (χ4n) is 2.37. The van der Waals surface area contributed by atoms with Crippen molar-refractivity contribution in [1.29, 1.82) is 0 Å². The van der Waals surface area contributed by atoms with Crippen LogP contribution in [0.2, 0.25) is 0 Å². The normalized spacial score (nSPS) is 10.9. The molecule has 0 aliphatic carbocycles.